The highest BCUT2D eigenvalue weighted by molar-refractivity contribution is 5.94. The molecule has 1 heterocycles. The highest BCUT2D eigenvalue weighted by Crippen LogP contribution is 2.06. The largest absolute Gasteiger partial charge is 0.393 e. The molecule has 21 heavy (non-hydrogen) atoms. The van der Waals surface area contributed by atoms with Crippen LogP contribution in [0.2, 0.25) is 0 Å². The van der Waals surface area contributed by atoms with Crippen molar-refractivity contribution >= 4 is 5.91 Å². The molecule has 2 rings (SSSR count). The smallest absolute Gasteiger partial charge is 0.251 e. The van der Waals surface area contributed by atoms with Gasteiger partial charge in [0.1, 0.15) is 0 Å². The van der Waals surface area contributed by atoms with E-state index < -0.39 is 0 Å². The summed E-state index contributed by atoms with van der Waals surface area (Å²) in [5, 5.41) is 12.3. The van der Waals surface area contributed by atoms with Crippen LogP contribution < -0.4 is 5.32 Å². The maximum absolute atomic E-state index is 11.9. The number of aliphatic hydroxyl groups is 1. The molecule has 2 N–H and O–H groups in total. The molecular formula is C16H21N3O2. The highest BCUT2D eigenvalue weighted by atomic mass is 16.3. The van der Waals surface area contributed by atoms with Gasteiger partial charge in [-0.15, -0.1) is 0 Å². The van der Waals surface area contributed by atoms with Gasteiger partial charge in [0.25, 0.3) is 5.91 Å². The van der Waals surface area contributed by atoms with Crippen LogP contribution in [0.4, 0.5) is 0 Å². The van der Waals surface area contributed by atoms with Crippen molar-refractivity contribution < 1.29 is 9.90 Å². The number of carbonyl (C=O) groups excluding carboxylic acids is 1. The lowest BCUT2D eigenvalue weighted by Gasteiger charge is -2.09. The van der Waals surface area contributed by atoms with Crippen molar-refractivity contribution in [3.8, 4) is 0 Å². The summed E-state index contributed by atoms with van der Waals surface area (Å²) in [5.41, 5.74) is 1.75. The zero-order chi connectivity index (χ0) is 15.1. The number of rotatable bonds is 7. The Morgan fingerprint density at radius 1 is 1.38 bits per heavy atom. The lowest BCUT2D eigenvalue weighted by molar-refractivity contribution is 0.0942. The van der Waals surface area contributed by atoms with Gasteiger partial charge in [-0.2, -0.15) is 0 Å². The van der Waals surface area contributed by atoms with E-state index in [9.17, 15) is 9.90 Å². The quantitative estimate of drug-likeness (QED) is 0.816. The molecule has 0 spiro atoms. The molecule has 0 aliphatic rings. The highest BCUT2D eigenvalue weighted by Gasteiger charge is 2.06. The first kappa shape index (κ1) is 15.3. The van der Waals surface area contributed by atoms with E-state index in [1.807, 2.05) is 42.0 Å². The molecule has 1 aromatic carbocycles. The Bertz CT molecular complexity index is 549. The Balaban J connectivity index is 1.85. The maximum atomic E-state index is 11.9. The van der Waals surface area contributed by atoms with Crippen molar-refractivity contribution in [2.45, 2.75) is 32.4 Å². The Labute approximate surface area is 124 Å². The van der Waals surface area contributed by atoms with E-state index in [-0.39, 0.29) is 12.0 Å². The van der Waals surface area contributed by atoms with Gasteiger partial charge >= 0.3 is 0 Å². The summed E-state index contributed by atoms with van der Waals surface area (Å²) in [7, 11) is 0. The second kappa shape index (κ2) is 7.59. The van der Waals surface area contributed by atoms with E-state index in [2.05, 4.69) is 10.3 Å². The van der Waals surface area contributed by atoms with Crippen LogP contribution in [-0.2, 0) is 6.54 Å². The second-order valence-electron chi connectivity index (χ2n) is 5.04. The number of benzene rings is 1. The molecular weight excluding hydrogens is 266 g/mol. The number of nitrogens with zero attached hydrogens (tertiary/aromatic N) is 2. The van der Waals surface area contributed by atoms with E-state index in [1.54, 1.807) is 12.5 Å². The van der Waals surface area contributed by atoms with Crippen LogP contribution in [-0.4, -0.2) is 33.2 Å². The average molecular weight is 287 g/mol. The van der Waals surface area contributed by atoms with E-state index in [0.717, 1.165) is 12.1 Å². The summed E-state index contributed by atoms with van der Waals surface area (Å²) in [6.45, 7) is 3.15. The predicted molar refractivity (Wildman–Crippen MR) is 81.0 cm³/mol. The predicted octanol–water partition coefficient (Wildman–Crippen LogP) is 1.82. The van der Waals surface area contributed by atoms with Crippen molar-refractivity contribution in [2.75, 3.05) is 6.54 Å². The van der Waals surface area contributed by atoms with Gasteiger partial charge < -0.3 is 15.0 Å². The Hall–Kier alpha value is -2.14. The molecule has 112 valence electrons. The zero-order valence-electron chi connectivity index (χ0n) is 12.2. The van der Waals surface area contributed by atoms with Crippen LogP contribution in [0.25, 0.3) is 0 Å². The van der Waals surface area contributed by atoms with Crippen molar-refractivity contribution in [3.63, 3.8) is 0 Å². The monoisotopic (exact) mass is 287 g/mol. The molecule has 1 amide bonds. The number of hydrogen-bond donors (Lipinski definition) is 2. The normalized spacial score (nSPS) is 12.1. The lowest BCUT2D eigenvalue weighted by Crippen LogP contribution is -2.27. The third-order valence-electron chi connectivity index (χ3n) is 3.37. The summed E-state index contributed by atoms with van der Waals surface area (Å²) >= 11 is 0. The van der Waals surface area contributed by atoms with Crippen molar-refractivity contribution in [2.24, 2.45) is 0 Å². The second-order valence-corrected chi connectivity index (χ2v) is 5.04. The van der Waals surface area contributed by atoms with Gasteiger partial charge in [0.2, 0.25) is 0 Å². The number of imidazole rings is 1. The molecule has 1 aromatic heterocycles. The average Bonchev–Trinajstić information content (AvgIpc) is 3.00. The van der Waals surface area contributed by atoms with Crippen LogP contribution >= 0.6 is 0 Å². The molecule has 0 radical (unpaired) electrons. The summed E-state index contributed by atoms with van der Waals surface area (Å²) in [6, 6.07) is 7.52. The van der Waals surface area contributed by atoms with Crippen LogP contribution in [0.5, 0.6) is 0 Å². The van der Waals surface area contributed by atoms with Crippen LogP contribution in [0, 0.1) is 0 Å². The molecule has 2 aromatic rings. The van der Waals surface area contributed by atoms with E-state index in [0.29, 0.717) is 24.9 Å². The summed E-state index contributed by atoms with van der Waals surface area (Å²) < 4.78 is 1.97. The van der Waals surface area contributed by atoms with Gasteiger partial charge in [-0.05, 0) is 30.5 Å². The molecule has 1 atom stereocenters. The van der Waals surface area contributed by atoms with Gasteiger partial charge in [-0.25, -0.2) is 4.98 Å². The molecule has 0 aliphatic carbocycles. The Morgan fingerprint density at radius 3 is 2.76 bits per heavy atom. The van der Waals surface area contributed by atoms with Crippen LogP contribution in [0.1, 0.15) is 35.7 Å². The number of aromatic nitrogens is 2. The zero-order valence-corrected chi connectivity index (χ0v) is 12.2. The van der Waals surface area contributed by atoms with Gasteiger partial charge in [0, 0.05) is 31.0 Å². The van der Waals surface area contributed by atoms with Crippen LogP contribution in [0.15, 0.2) is 43.0 Å². The minimum Gasteiger partial charge on any atom is -0.393 e. The van der Waals surface area contributed by atoms with E-state index in [4.69, 9.17) is 0 Å². The minimum absolute atomic E-state index is 0.104. The maximum Gasteiger partial charge on any atom is 0.251 e. The Kier molecular flexibility index (Phi) is 5.51. The number of aliphatic hydroxyl groups excluding tert-OH is 1. The minimum atomic E-state index is -0.345. The molecule has 0 aliphatic heterocycles. The fraction of sp³-hybridized carbons (Fsp3) is 0.375. The third-order valence-corrected chi connectivity index (χ3v) is 3.37. The fourth-order valence-electron chi connectivity index (χ4n) is 2.01. The standard InChI is InChI=1S/C16H21N3O2/c1-2-15(20)7-8-18-16(21)14-5-3-13(4-6-14)11-19-10-9-17-12-19/h3-6,9-10,12,15,20H,2,7-8,11H2,1H3,(H,18,21). The summed E-state index contributed by atoms with van der Waals surface area (Å²) in [4.78, 5) is 15.9. The molecule has 0 saturated carbocycles. The topological polar surface area (TPSA) is 67.2 Å². The first-order chi connectivity index (χ1) is 10.2. The van der Waals surface area contributed by atoms with Gasteiger partial charge in [-0.1, -0.05) is 19.1 Å². The van der Waals surface area contributed by atoms with Gasteiger partial charge in [-0.3, -0.25) is 4.79 Å². The third kappa shape index (κ3) is 4.72. The SMILES string of the molecule is CCC(O)CCNC(=O)c1ccc(Cn2ccnc2)cc1. The first-order valence-electron chi connectivity index (χ1n) is 7.20. The molecule has 0 fully saturated rings. The molecule has 1 unspecified atom stereocenters. The van der Waals surface area contributed by atoms with Crippen molar-refractivity contribution in [1.82, 2.24) is 14.9 Å². The van der Waals surface area contributed by atoms with Gasteiger partial charge in [0.05, 0.1) is 12.4 Å². The van der Waals surface area contributed by atoms with E-state index >= 15 is 0 Å². The van der Waals surface area contributed by atoms with Crippen molar-refractivity contribution in [1.29, 1.82) is 0 Å². The molecule has 5 nitrogen and oxygen atoms in total. The van der Waals surface area contributed by atoms with Gasteiger partial charge in [0.15, 0.2) is 0 Å². The summed E-state index contributed by atoms with van der Waals surface area (Å²) in [6.07, 6.45) is 6.36. The molecule has 0 bridgehead atoms. The fourth-order valence-corrected chi connectivity index (χ4v) is 2.01. The number of hydrogen-bond acceptors (Lipinski definition) is 3. The molecule has 5 heteroatoms. The number of carbonyl (C=O) groups is 1. The lowest BCUT2D eigenvalue weighted by atomic mass is 10.1. The number of amides is 1. The first-order valence-corrected chi connectivity index (χ1v) is 7.20. The Morgan fingerprint density at radius 2 is 2.14 bits per heavy atom. The summed E-state index contributed by atoms with van der Waals surface area (Å²) in [5.74, 6) is -0.104. The van der Waals surface area contributed by atoms with E-state index in [1.165, 1.54) is 0 Å². The van der Waals surface area contributed by atoms with Crippen LogP contribution in [0.3, 0.4) is 0 Å². The van der Waals surface area contributed by atoms with Crippen molar-refractivity contribution in [3.05, 3.63) is 54.1 Å². The molecule has 0 saturated heterocycles. The number of nitrogens with one attached hydrogen (secondary N) is 1.